The first-order valence-electron chi connectivity index (χ1n) is 10.6. The van der Waals surface area contributed by atoms with Crippen molar-refractivity contribution in [2.24, 2.45) is 0 Å². The summed E-state index contributed by atoms with van der Waals surface area (Å²) in [6.45, 7) is 2.05. The zero-order valence-electron chi connectivity index (χ0n) is 17.4. The molecule has 2 saturated heterocycles. The van der Waals surface area contributed by atoms with E-state index in [9.17, 15) is 9.59 Å². The fourth-order valence-corrected chi connectivity index (χ4v) is 5.96. The molecular weight excluding hydrogens is 494 g/mol. The van der Waals surface area contributed by atoms with Gasteiger partial charge in [0.15, 0.2) is 11.5 Å². The maximum atomic E-state index is 12.8. The van der Waals surface area contributed by atoms with Crippen LogP contribution in [0.25, 0.3) is 0 Å². The molecule has 0 radical (unpaired) electrons. The molecule has 0 aliphatic carbocycles. The van der Waals surface area contributed by atoms with Crippen molar-refractivity contribution < 1.29 is 19.1 Å². The van der Waals surface area contributed by atoms with Crippen molar-refractivity contribution in [1.82, 2.24) is 15.5 Å². The molecule has 0 bridgehead atoms. The number of fused-ring (bicyclic) bond motifs is 1. The van der Waals surface area contributed by atoms with Crippen molar-refractivity contribution in [2.75, 3.05) is 25.6 Å². The van der Waals surface area contributed by atoms with Gasteiger partial charge in [-0.05, 0) is 54.8 Å². The third-order valence-electron chi connectivity index (χ3n) is 6.13. The smallest absolute Gasteiger partial charge is 0.253 e. The van der Waals surface area contributed by atoms with Crippen LogP contribution in [0.1, 0.15) is 28.8 Å². The van der Waals surface area contributed by atoms with E-state index >= 15 is 0 Å². The molecule has 9 heteroatoms. The van der Waals surface area contributed by atoms with Gasteiger partial charge in [0.2, 0.25) is 12.7 Å². The molecule has 3 heterocycles. The number of nitrogens with one attached hydrogen (secondary N) is 2. The van der Waals surface area contributed by atoms with Gasteiger partial charge in [0, 0.05) is 35.4 Å². The summed E-state index contributed by atoms with van der Waals surface area (Å²) in [6.07, 6.45) is 1.65. The number of hydrogen-bond donors (Lipinski definition) is 2. The second kappa shape index (κ2) is 8.96. The topological polar surface area (TPSA) is 79.9 Å². The van der Waals surface area contributed by atoms with E-state index in [-0.39, 0.29) is 29.5 Å². The Kier molecular flexibility index (Phi) is 6.05. The molecule has 3 aliphatic heterocycles. The molecule has 2 aromatic rings. The van der Waals surface area contributed by atoms with Gasteiger partial charge in [0.1, 0.15) is 0 Å². The molecular formula is C23H24BrN3O4S. The van der Waals surface area contributed by atoms with Crippen LogP contribution in [-0.2, 0) is 11.3 Å². The maximum absolute atomic E-state index is 12.8. The van der Waals surface area contributed by atoms with E-state index < -0.39 is 0 Å². The van der Waals surface area contributed by atoms with Gasteiger partial charge in [0.05, 0.1) is 10.9 Å². The molecule has 3 aliphatic rings. The van der Waals surface area contributed by atoms with Gasteiger partial charge in [-0.1, -0.05) is 22.0 Å². The Morgan fingerprint density at radius 2 is 1.88 bits per heavy atom. The molecule has 2 fully saturated rings. The van der Waals surface area contributed by atoms with E-state index in [2.05, 4.69) is 26.6 Å². The van der Waals surface area contributed by atoms with Crippen molar-refractivity contribution >= 4 is 39.5 Å². The Bertz CT molecular complexity index is 1020. The van der Waals surface area contributed by atoms with E-state index in [1.54, 1.807) is 11.8 Å². The van der Waals surface area contributed by atoms with Crippen molar-refractivity contribution in [1.29, 1.82) is 0 Å². The molecule has 7 nitrogen and oxygen atoms in total. The zero-order valence-corrected chi connectivity index (χ0v) is 19.8. The van der Waals surface area contributed by atoms with Gasteiger partial charge < -0.3 is 19.7 Å². The summed E-state index contributed by atoms with van der Waals surface area (Å²) in [7, 11) is 0. The van der Waals surface area contributed by atoms with Crippen molar-refractivity contribution in [3.63, 3.8) is 0 Å². The highest BCUT2D eigenvalue weighted by atomic mass is 79.9. The summed E-state index contributed by atoms with van der Waals surface area (Å²) in [6, 6.07) is 12.9. The Morgan fingerprint density at radius 3 is 2.66 bits per heavy atom. The van der Waals surface area contributed by atoms with Gasteiger partial charge in [-0.25, -0.2) is 0 Å². The average molecular weight is 518 g/mol. The van der Waals surface area contributed by atoms with Crippen LogP contribution in [0.5, 0.6) is 11.5 Å². The summed E-state index contributed by atoms with van der Waals surface area (Å²) in [5.74, 6) is 2.25. The second-order valence-electron chi connectivity index (χ2n) is 8.21. The number of piperidine rings is 1. The summed E-state index contributed by atoms with van der Waals surface area (Å²) >= 11 is 5.20. The Morgan fingerprint density at radius 1 is 1.12 bits per heavy atom. The van der Waals surface area contributed by atoms with Crippen LogP contribution >= 0.6 is 27.7 Å². The monoisotopic (exact) mass is 517 g/mol. The van der Waals surface area contributed by atoms with Crippen LogP contribution in [-0.4, -0.2) is 53.3 Å². The van der Waals surface area contributed by atoms with Gasteiger partial charge in [-0.3, -0.25) is 14.9 Å². The van der Waals surface area contributed by atoms with Crippen LogP contribution < -0.4 is 20.1 Å². The first-order valence-corrected chi connectivity index (χ1v) is 12.4. The lowest BCUT2D eigenvalue weighted by Gasteiger charge is -2.39. The Hall–Kier alpha value is -2.23. The van der Waals surface area contributed by atoms with Gasteiger partial charge in [0.25, 0.3) is 5.91 Å². The molecule has 168 valence electrons. The van der Waals surface area contributed by atoms with Crippen molar-refractivity contribution in [2.45, 2.75) is 30.3 Å². The number of thioether (sulfide) groups is 1. The van der Waals surface area contributed by atoms with Crippen LogP contribution in [0.2, 0.25) is 0 Å². The molecule has 2 N–H and O–H groups in total. The number of likely N-dealkylation sites (tertiary alicyclic amines) is 1. The number of amides is 2. The largest absolute Gasteiger partial charge is 0.454 e. The average Bonchev–Trinajstić information content (AvgIpc) is 3.45. The highest BCUT2D eigenvalue weighted by Crippen LogP contribution is 2.39. The number of carbonyl (C=O) groups is 2. The normalized spacial score (nSPS) is 21.0. The predicted molar refractivity (Wildman–Crippen MR) is 126 cm³/mol. The third-order valence-corrected chi connectivity index (χ3v) is 8.24. The van der Waals surface area contributed by atoms with E-state index in [1.807, 2.05) is 47.4 Å². The van der Waals surface area contributed by atoms with Gasteiger partial charge >= 0.3 is 0 Å². The molecule has 2 aromatic carbocycles. The van der Waals surface area contributed by atoms with Crippen LogP contribution in [0.4, 0.5) is 0 Å². The SMILES string of the molecule is O=C(NCc1ccc2c(c1)OCO2)C1CSC2(CCN(C(=O)c3ccc(Br)cc3)CC2)N1. The minimum atomic E-state index is -0.234. The first kappa shape index (κ1) is 21.6. The molecule has 0 aromatic heterocycles. The predicted octanol–water partition coefficient (Wildman–Crippen LogP) is 3.13. The lowest BCUT2D eigenvalue weighted by Crippen LogP contribution is -2.54. The highest BCUT2D eigenvalue weighted by molar-refractivity contribution is 9.10. The quantitative estimate of drug-likeness (QED) is 0.648. The minimum Gasteiger partial charge on any atom is -0.454 e. The Labute approximate surface area is 199 Å². The molecule has 1 spiro atoms. The lowest BCUT2D eigenvalue weighted by atomic mass is 10.0. The first-order chi connectivity index (χ1) is 15.5. The maximum Gasteiger partial charge on any atom is 0.253 e. The van der Waals surface area contributed by atoms with E-state index in [1.165, 1.54) is 0 Å². The van der Waals surface area contributed by atoms with Gasteiger partial charge in [-0.15, -0.1) is 11.8 Å². The summed E-state index contributed by atoms with van der Waals surface area (Å²) < 4.78 is 11.7. The third kappa shape index (κ3) is 4.46. The fraction of sp³-hybridized carbons (Fsp3) is 0.391. The molecule has 5 rings (SSSR count). The van der Waals surface area contributed by atoms with E-state index in [0.717, 1.165) is 40.1 Å². The fourth-order valence-electron chi connectivity index (χ4n) is 4.28. The summed E-state index contributed by atoms with van der Waals surface area (Å²) in [5.41, 5.74) is 1.68. The number of hydrogen-bond acceptors (Lipinski definition) is 6. The minimum absolute atomic E-state index is 0.000380. The van der Waals surface area contributed by atoms with E-state index in [0.29, 0.717) is 25.2 Å². The second-order valence-corrected chi connectivity index (χ2v) is 10.5. The molecule has 32 heavy (non-hydrogen) atoms. The number of ether oxygens (including phenoxy) is 2. The van der Waals surface area contributed by atoms with Crippen LogP contribution in [0.3, 0.4) is 0 Å². The number of halogens is 1. The Balaban J connectivity index is 1.12. The van der Waals surface area contributed by atoms with Crippen LogP contribution in [0.15, 0.2) is 46.9 Å². The standard InChI is InChI=1S/C23H24BrN3O4S/c24-17-4-2-16(3-5-17)22(29)27-9-7-23(8-10-27)26-18(13-32-23)21(28)25-12-15-1-6-19-20(11-15)31-14-30-19/h1-6,11,18,26H,7-10,12-14H2,(H,25,28). The summed E-state index contributed by atoms with van der Waals surface area (Å²) in [4.78, 5) is 27.3. The van der Waals surface area contributed by atoms with E-state index in [4.69, 9.17) is 9.47 Å². The molecule has 2 amide bonds. The number of rotatable bonds is 4. The number of benzene rings is 2. The van der Waals surface area contributed by atoms with Crippen LogP contribution in [0, 0.1) is 0 Å². The molecule has 1 atom stereocenters. The molecule has 0 saturated carbocycles. The van der Waals surface area contributed by atoms with Crippen molar-refractivity contribution in [3.8, 4) is 11.5 Å². The van der Waals surface area contributed by atoms with Crippen molar-refractivity contribution in [3.05, 3.63) is 58.1 Å². The lowest BCUT2D eigenvalue weighted by molar-refractivity contribution is -0.122. The van der Waals surface area contributed by atoms with Gasteiger partial charge in [-0.2, -0.15) is 0 Å². The highest BCUT2D eigenvalue weighted by Gasteiger charge is 2.44. The number of nitrogens with zero attached hydrogens (tertiary/aromatic N) is 1. The summed E-state index contributed by atoms with van der Waals surface area (Å²) in [5, 5.41) is 6.58. The number of carbonyl (C=O) groups excluding carboxylic acids is 2. The zero-order chi connectivity index (χ0) is 22.1. The molecule has 1 unspecified atom stereocenters.